The molecule has 0 saturated heterocycles. The quantitative estimate of drug-likeness (QED) is 0.756. The molecule has 0 radical (unpaired) electrons. The SMILES string of the molecule is CNc1c(Cl)c(=O)[nH]c(C2CCC(C(F)(F)F)CC2)[n+]1-c1ccc(C#N)nc1. The highest BCUT2D eigenvalue weighted by atomic mass is 35.5. The number of nitrogens with zero attached hydrogens (tertiary/aromatic N) is 3. The maximum absolute atomic E-state index is 13.0. The van der Waals surface area contributed by atoms with Gasteiger partial charge in [0.25, 0.3) is 5.82 Å². The minimum atomic E-state index is -4.21. The molecular formula is C18H18ClF3N5O+. The molecule has 1 aliphatic rings. The van der Waals surface area contributed by atoms with Gasteiger partial charge in [-0.2, -0.15) is 23.0 Å². The highest BCUT2D eigenvalue weighted by molar-refractivity contribution is 6.32. The van der Waals surface area contributed by atoms with Crippen molar-refractivity contribution in [3.8, 4) is 11.8 Å². The van der Waals surface area contributed by atoms with Crippen molar-refractivity contribution in [1.29, 1.82) is 5.26 Å². The second-order valence-corrected chi connectivity index (χ2v) is 7.07. The normalized spacial score (nSPS) is 19.9. The summed E-state index contributed by atoms with van der Waals surface area (Å²) in [4.78, 5) is 19.1. The number of rotatable bonds is 3. The van der Waals surface area contributed by atoms with Gasteiger partial charge in [-0.1, -0.05) is 11.6 Å². The van der Waals surface area contributed by atoms with Crippen LogP contribution in [0.15, 0.2) is 23.1 Å². The zero-order valence-corrected chi connectivity index (χ0v) is 15.7. The Hall–Kier alpha value is -2.60. The molecule has 2 aromatic rings. The standard InChI is InChI=1S/C18H17ClF3N5O/c1-24-16-14(19)17(28)26-15(10-2-4-11(5-3-10)18(20,21)22)27(16)13-7-6-12(8-23)25-9-13/h6-7,9-11H,2-5H2,1H3,(H,24,28)/p+1. The Kier molecular flexibility index (Phi) is 5.61. The Morgan fingerprint density at radius 3 is 2.50 bits per heavy atom. The monoisotopic (exact) mass is 412 g/mol. The number of aromatic nitrogens is 3. The van der Waals surface area contributed by atoms with Gasteiger partial charge in [0.15, 0.2) is 5.02 Å². The third-order valence-electron chi connectivity index (χ3n) is 5.05. The van der Waals surface area contributed by atoms with Crippen LogP contribution in [0.1, 0.15) is 43.1 Å². The first-order valence-corrected chi connectivity index (χ1v) is 9.12. The summed E-state index contributed by atoms with van der Waals surface area (Å²) in [5, 5.41) is 11.7. The summed E-state index contributed by atoms with van der Waals surface area (Å²) in [6.07, 6.45) is -2.18. The second kappa shape index (κ2) is 7.80. The van der Waals surface area contributed by atoms with Gasteiger partial charge in [0.1, 0.15) is 17.5 Å². The van der Waals surface area contributed by atoms with E-state index < -0.39 is 17.7 Å². The molecule has 0 spiro atoms. The van der Waals surface area contributed by atoms with E-state index in [9.17, 15) is 18.0 Å². The number of hydrogen-bond donors (Lipinski definition) is 2. The largest absolute Gasteiger partial charge is 0.391 e. The van der Waals surface area contributed by atoms with Crippen molar-refractivity contribution in [2.45, 2.75) is 37.8 Å². The third kappa shape index (κ3) is 3.83. The molecule has 0 amide bonds. The molecule has 1 fully saturated rings. The van der Waals surface area contributed by atoms with Crippen molar-refractivity contribution in [2.75, 3.05) is 12.4 Å². The fraction of sp³-hybridized carbons (Fsp3) is 0.444. The van der Waals surface area contributed by atoms with Crippen LogP contribution in [0.4, 0.5) is 19.0 Å². The topological polar surface area (TPSA) is 85.5 Å². The minimum absolute atomic E-state index is 0.000664. The van der Waals surface area contributed by atoms with Gasteiger partial charge in [-0.3, -0.25) is 0 Å². The van der Waals surface area contributed by atoms with Crippen LogP contribution in [-0.2, 0) is 0 Å². The van der Waals surface area contributed by atoms with Gasteiger partial charge in [0.05, 0.1) is 12.1 Å². The molecule has 148 valence electrons. The van der Waals surface area contributed by atoms with Gasteiger partial charge in [0.2, 0.25) is 5.82 Å². The molecule has 2 aromatic heterocycles. The molecule has 0 bridgehead atoms. The molecule has 6 nitrogen and oxygen atoms in total. The predicted octanol–water partition coefficient (Wildman–Crippen LogP) is 3.45. The highest BCUT2D eigenvalue weighted by Crippen LogP contribution is 2.42. The van der Waals surface area contributed by atoms with Gasteiger partial charge in [-0.25, -0.2) is 14.8 Å². The van der Waals surface area contributed by atoms with Crippen LogP contribution in [0.5, 0.6) is 0 Å². The van der Waals surface area contributed by atoms with Crippen molar-refractivity contribution in [2.24, 2.45) is 5.92 Å². The summed E-state index contributed by atoms with van der Waals surface area (Å²) < 4.78 is 40.6. The molecule has 0 aliphatic heterocycles. The van der Waals surface area contributed by atoms with E-state index in [0.717, 1.165) is 0 Å². The fourth-order valence-corrected chi connectivity index (χ4v) is 3.83. The second-order valence-electron chi connectivity index (χ2n) is 6.69. The number of nitriles is 1. The first-order valence-electron chi connectivity index (χ1n) is 8.75. The lowest BCUT2D eigenvalue weighted by molar-refractivity contribution is -0.595. The number of hydrogen-bond acceptors (Lipinski definition) is 4. The Morgan fingerprint density at radius 2 is 2.00 bits per heavy atom. The lowest BCUT2D eigenvalue weighted by atomic mass is 9.81. The summed E-state index contributed by atoms with van der Waals surface area (Å²) >= 11 is 6.15. The molecule has 28 heavy (non-hydrogen) atoms. The van der Waals surface area contributed by atoms with Crippen molar-refractivity contribution >= 4 is 17.4 Å². The first kappa shape index (κ1) is 20.1. The van der Waals surface area contributed by atoms with Crippen molar-refractivity contribution in [3.63, 3.8) is 0 Å². The van der Waals surface area contributed by atoms with E-state index in [1.165, 1.54) is 12.3 Å². The van der Waals surface area contributed by atoms with E-state index >= 15 is 0 Å². The first-order chi connectivity index (χ1) is 13.3. The molecule has 2 heterocycles. The number of nitrogens with one attached hydrogen (secondary N) is 2. The maximum atomic E-state index is 13.0. The zero-order chi connectivity index (χ0) is 20.5. The Bertz CT molecular complexity index is 957. The highest BCUT2D eigenvalue weighted by Gasteiger charge is 2.43. The van der Waals surface area contributed by atoms with E-state index in [-0.39, 0.29) is 42.3 Å². The van der Waals surface area contributed by atoms with Crippen molar-refractivity contribution in [1.82, 2.24) is 9.97 Å². The Labute approximate surface area is 164 Å². The molecule has 0 atom stereocenters. The molecule has 1 saturated carbocycles. The van der Waals surface area contributed by atoms with Crippen LogP contribution in [0.3, 0.4) is 0 Å². The van der Waals surface area contributed by atoms with E-state index in [0.29, 0.717) is 17.3 Å². The maximum Gasteiger partial charge on any atom is 0.391 e. The van der Waals surface area contributed by atoms with Crippen LogP contribution in [0, 0.1) is 17.2 Å². The Balaban J connectivity index is 2.07. The van der Waals surface area contributed by atoms with E-state index in [1.807, 2.05) is 6.07 Å². The zero-order valence-electron chi connectivity index (χ0n) is 15.0. The minimum Gasteiger partial charge on any atom is -0.307 e. The fourth-order valence-electron chi connectivity index (χ4n) is 3.61. The lowest BCUT2D eigenvalue weighted by Gasteiger charge is -2.29. The average molecular weight is 413 g/mol. The number of H-pyrrole nitrogens is 1. The summed E-state index contributed by atoms with van der Waals surface area (Å²) in [6.45, 7) is 0. The van der Waals surface area contributed by atoms with E-state index in [4.69, 9.17) is 16.9 Å². The number of anilines is 1. The van der Waals surface area contributed by atoms with Gasteiger partial charge in [-0.05, 0) is 37.8 Å². The molecule has 10 heteroatoms. The molecule has 1 aliphatic carbocycles. The van der Waals surface area contributed by atoms with Crippen molar-refractivity contribution < 1.29 is 17.7 Å². The van der Waals surface area contributed by atoms with E-state index in [1.54, 1.807) is 17.7 Å². The molecule has 3 rings (SSSR count). The number of pyridine rings is 1. The average Bonchev–Trinajstić information content (AvgIpc) is 2.69. The smallest absolute Gasteiger partial charge is 0.307 e. The lowest BCUT2D eigenvalue weighted by Crippen LogP contribution is -2.45. The van der Waals surface area contributed by atoms with Gasteiger partial charge >= 0.3 is 11.7 Å². The van der Waals surface area contributed by atoms with Crippen LogP contribution >= 0.6 is 11.6 Å². The summed E-state index contributed by atoms with van der Waals surface area (Å²) in [5.74, 6) is -0.821. The molecule has 2 N–H and O–H groups in total. The Morgan fingerprint density at radius 1 is 1.32 bits per heavy atom. The summed E-state index contributed by atoms with van der Waals surface area (Å²) in [5.41, 5.74) is 0.240. The van der Waals surface area contributed by atoms with Crippen LogP contribution < -0.4 is 15.4 Å². The van der Waals surface area contributed by atoms with Crippen LogP contribution in [0.2, 0.25) is 5.02 Å². The summed E-state index contributed by atoms with van der Waals surface area (Å²) in [7, 11) is 1.60. The molecular weight excluding hydrogens is 395 g/mol. The number of alkyl halides is 3. The van der Waals surface area contributed by atoms with Gasteiger partial charge in [0, 0.05) is 13.0 Å². The van der Waals surface area contributed by atoms with Crippen molar-refractivity contribution in [3.05, 3.63) is 45.2 Å². The van der Waals surface area contributed by atoms with Crippen LogP contribution in [0.25, 0.3) is 5.69 Å². The number of halogens is 4. The van der Waals surface area contributed by atoms with Crippen LogP contribution in [-0.4, -0.2) is 23.2 Å². The number of aromatic amines is 1. The third-order valence-corrected chi connectivity index (χ3v) is 5.40. The van der Waals surface area contributed by atoms with Gasteiger partial charge < -0.3 is 5.32 Å². The predicted molar refractivity (Wildman–Crippen MR) is 96.4 cm³/mol. The molecule has 0 unspecified atom stereocenters. The summed E-state index contributed by atoms with van der Waals surface area (Å²) in [6, 6.07) is 5.09. The molecule has 0 aromatic carbocycles. The van der Waals surface area contributed by atoms with E-state index in [2.05, 4.69) is 15.3 Å². The van der Waals surface area contributed by atoms with Gasteiger partial charge in [-0.15, -0.1) is 0 Å².